The van der Waals surface area contributed by atoms with Crippen LogP contribution < -0.4 is 0 Å². The maximum absolute atomic E-state index is 12.4. The van der Waals surface area contributed by atoms with Gasteiger partial charge in [0, 0.05) is 35.6 Å². The first kappa shape index (κ1) is 16.7. The Morgan fingerprint density at radius 3 is 2.26 bits per heavy atom. The van der Waals surface area contributed by atoms with Crippen molar-refractivity contribution in [3.8, 4) is 11.1 Å². The number of rotatable bonds is 5. The lowest BCUT2D eigenvalue weighted by Crippen LogP contribution is -2.08. The summed E-state index contributed by atoms with van der Waals surface area (Å²) >= 11 is 0. The van der Waals surface area contributed by atoms with Gasteiger partial charge >= 0.3 is 5.97 Å². The van der Waals surface area contributed by atoms with Crippen molar-refractivity contribution in [2.45, 2.75) is 34.2 Å². The van der Waals surface area contributed by atoms with Gasteiger partial charge < -0.3 is 9.30 Å². The Morgan fingerprint density at radius 2 is 1.78 bits per heavy atom. The summed E-state index contributed by atoms with van der Waals surface area (Å²) < 4.78 is 7.23. The molecule has 6 heteroatoms. The molecule has 1 aromatic heterocycles. The molecule has 1 aromatic carbocycles. The first-order valence-corrected chi connectivity index (χ1v) is 7.53. The SMILES string of the molecule is CCOC(=O)c1c(-c2ccc([N+](=O)[O-])cc2)c(C)n(CC)c1C. The Hall–Kier alpha value is -2.63. The molecule has 0 atom stereocenters. The standard InChI is InChI=1S/C17H20N2O4/c1-5-18-11(3)15(16(12(18)4)17(20)23-6-2)13-7-9-14(10-8-13)19(21)22/h7-10H,5-6H2,1-4H3. The summed E-state index contributed by atoms with van der Waals surface area (Å²) in [5, 5.41) is 10.8. The van der Waals surface area contributed by atoms with Gasteiger partial charge in [0.25, 0.3) is 5.69 Å². The zero-order valence-electron chi connectivity index (χ0n) is 13.8. The molecule has 0 unspecified atom stereocenters. The van der Waals surface area contributed by atoms with Gasteiger partial charge in [-0.25, -0.2) is 4.79 Å². The van der Waals surface area contributed by atoms with E-state index in [0.29, 0.717) is 12.2 Å². The van der Waals surface area contributed by atoms with Crippen LogP contribution in [0.4, 0.5) is 5.69 Å². The molecule has 0 radical (unpaired) electrons. The fraction of sp³-hybridized carbons (Fsp3) is 0.353. The molecule has 0 aliphatic carbocycles. The fourth-order valence-corrected chi connectivity index (χ4v) is 2.91. The maximum Gasteiger partial charge on any atom is 0.340 e. The third-order valence-electron chi connectivity index (χ3n) is 3.95. The normalized spacial score (nSPS) is 10.6. The molecule has 122 valence electrons. The van der Waals surface area contributed by atoms with Gasteiger partial charge in [0.2, 0.25) is 0 Å². The van der Waals surface area contributed by atoms with E-state index in [4.69, 9.17) is 4.74 Å². The first-order valence-electron chi connectivity index (χ1n) is 7.53. The minimum absolute atomic E-state index is 0.0238. The van der Waals surface area contributed by atoms with E-state index in [2.05, 4.69) is 0 Å². The zero-order valence-corrected chi connectivity index (χ0v) is 13.8. The molecule has 23 heavy (non-hydrogen) atoms. The average molecular weight is 316 g/mol. The third-order valence-corrected chi connectivity index (χ3v) is 3.95. The van der Waals surface area contributed by atoms with Gasteiger partial charge in [0.05, 0.1) is 17.1 Å². The van der Waals surface area contributed by atoms with Crippen molar-refractivity contribution in [3.05, 3.63) is 51.3 Å². The van der Waals surface area contributed by atoms with Crippen LogP contribution in [0.25, 0.3) is 11.1 Å². The van der Waals surface area contributed by atoms with Crippen LogP contribution in [0.3, 0.4) is 0 Å². The molecular formula is C17H20N2O4. The highest BCUT2D eigenvalue weighted by Gasteiger charge is 2.24. The first-order chi connectivity index (χ1) is 10.9. The van der Waals surface area contributed by atoms with Crippen LogP contribution in [-0.2, 0) is 11.3 Å². The van der Waals surface area contributed by atoms with Crippen LogP contribution in [0.2, 0.25) is 0 Å². The van der Waals surface area contributed by atoms with Crippen molar-refractivity contribution in [2.24, 2.45) is 0 Å². The number of non-ortho nitro benzene ring substituents is 1. The van der Waals surface area contributed by atoms with Crippen molar-refractivity contribution < 1.29 is 14.5 Å². The molecule has 2 rings (SSSR count). The highest BCUT2D eigenvalue weighted by atomic mass is 16.6. The van der Waals surface area contributed by atoms with Crippen molar-refractivity contribution in [1.29, 1.82) is 0 Å². The molecule has 0 saturated heterocycles. The van der Waals surface area contributed by atoms with E-state index < -0.39 is 4.92 Å². The van der Waals surface area contributed by atoms with Gasteiger partial charge in [-0.05, 0) is 45.4 Å². The van der Waals surface area contributed by atoms with Crippen LogP contribution >= 0.6 is 0 Å². The Bertz CT molecular complexity index is 745. The summed E-state index contributed by atoms with van der Waals surface area (Å²) in [6.45, 7) is 8.63. The summed E-state index contributed by atoms with van der Waals surface area (Å²) in [6.07, 6.45) is 0. The summed E-state index contributed by atoms with van der Waals surface area (Å²) in [4.78, 5) is 22.7. The van der Waals surface area contributed by atoms with E-state index in [9.17, 15) is 14.9 Å². The molecule has 0 spiro atoms. The molecule has 0 aliphatic heterocycles. The van der Waals surface area contributed by atoms with Gasteiger partial charge in [-0.2, -0.15) is 0 Å². The average Bonchev–Trinajstić information content (AvgIpc) is 2.78. The molecule has 1 heterocycles. The van der Waals surface area contributed by atoms with E-state index in [1.54, 1.807) is 19.1 Å². The molecule has 0 saturated carbocycles. The Morgan fingerprint density at radius 1 is 1.17 bits per heavy atom. The number of hydrogen-bond donors (Lipinski definition) is 0. The van der Waals surface area contributed by atoms with Crippen molar-refractivity contribution in [1.82, 2.24) is 4.57 Å². The number of benzene rings is 1. The number of carbonyl (C=O) groups is 1. The topological polar surface area (TPSA) is 74.4 Å². The minimum atomic E-state index is -0.439. The highest BCUT2D eigenvalue weighted by molar-refractivity contribution is 5.99. The molecule has 0 bridgehead atoms. The Labute approximate surface area is 134 Å². The molecule has 6 nitrogen and oxygen atoms in total. The van der Waals surface area contributed by atoms with Crippen molar-refractivity contribution in [2.75, 3.05) is 6.61 Å². The van der Waals surface area contributed by atoms with E-state index in [1.165, 1.54) is 12.1 Å². The number of carbonyl (C=O) groups excluding carboxylic acids is 1. The molecule has 2 aromatic rings. The van der Waals surface area contributed by atoms with Crippen LogP contribution in [-0.4, -0.2) is 22.1 Å². The lowest BCUT2D eigenvalue weighted by molar-refractivity contribution is -0.384. The number of aromatic nitrogens is 1. The maximum atomic E-state index is 12.4. The predicted molar refractivity (Wildman–Crippen MR) is 87.6 cm³/mol. The van der Waals surface area contributed by atoms with Gasteiger partial charge in [-0.15, -0.1) is 0 Å². The molecule has 0 aliphatic rings. The number of esters is 1. The largest absolute Gasteiger partial charge is 0.462 e. The summed E-state index contributed by atoms with van der Waals surface area (Å²) in [5.74, 6) is -0.367. The number of ether oxygens (including phenoxy) is 1. The Balaban J connectivity index is 2.64. The van der Waals surface area contributed by atoms with Crippen LogP contribution in [0.5, 0.6) is 0 Å². The summed E-state index contributed by atoms with van der Waals surface area (Å²) in [6, 6.07) is 6.23. The number of nitro benzene ring substituents is 1. The predicted octanol–water partition coefficient (Wildman–Crippen LogP) is 3.88. The van der Waals surface area contributed by atoms with Gasteiger partial charge in [0.15, 0.2) is 0 Å². The van der Waals surface area contributed by atoms with E-state index in [-0.39, 0.29) is 11.7 Å². The molecular weight excluding hydrogens is 296 g/mol. The minimum Gasteiger partial charge on any atom is -0.462 e. The van der Waals surface area contributed by atoms with E-state index >= 15 is 0 Å². The van der Waals surface area contributed by atoms with Gasteiger partial charge in [-0.3, -0.25) is 10.1 Å². The summed E-state index contributed by atoms with van der Waals surface area (Å²) in [5.41, 5.74) is 3.89. The fourth-order valence-electron chi connectivity index (χ4n) is 2.91. The number of nitrogens with zero attached hydrogens (tertiary/aromatic N) is 2. The van der Waals surface area contributed by atoms with Crippen LogP contribution in [0, 0.1) is 24.0 Å². The molecule has 0 N–H and O–H groups in total. The van der Waals surface area contributed by atoms with E-state index in [1.807, 2.05) is 25.3 Å². The quantitative estimate of drug-likeness (QED) is 0.476. The number of hydrogen-bond acceptors (Lipinski definition) is 4. The van der Waals surface area contributed by atoms with Crippen LogP contribution in [0.15, 0.2) is 24.3 Å². The second kappa shape index (κ2) is 6.64. The van der Waals surface area contributed by atoms with Gasteiger partial charge in [0.1, 0.15) is 0 Å². The van der Waals surface area contributed by atoms with Crippen molar-refractivity contribution in [3.63, 3.8) is 0 Å². The third kappa shape index (κ3) is 2.97. The monoisotopic (exact) mass is 316 g/mol. The molecule has 0 fully saturated rings. The van der Waals surface area contributed by atoms with Crippen molar-refractivity contribution >= 4 is 11.7 Å². The van der Waals surface area contributed by atoms with E-state index in [0.717, 1.165) is 29.1 Å². The smallest absolute Gasteiger partial charge is 0.340 e. The highest BCUT2D eigenvalue weighted by Crippen LogP contribution is 2.33. The Kier molecular flexibility index (Phi) is 4.83. The lowest BCUT2D eigenvalue weighted by Gasteiger charge is -2.06. The summed E-state index contributed by atoms with van der Waals surface area (Å²) in [7, 11) is 0. The number of nitro groups is 1. The lowest BCUT2D eigenvalue weighted by atomic mass is 10.0. The zero-order chi connectivity index (χ0) is 17.1. The van der Waals surface area contributed by atoms with Gasteiger partial charge in [-0.1, -0.05) is 0 Å². The molecule has 0 amide bonds. The second-order valence-corrected chi connectivity index (χ2v) is 5.19. The second-order valence-electron chi connectivity index (χ2n) is 5.19. The van der Waals surface area contributed by atoms with Crippen LogP contribution in [0.1, 0.15) is 35.6 Å².